The van der Waals surface area contributed by atoms with E-state index in [0.717, 1.165) is 12.8 Å². The lowest BCUT2D eigenvalue weighted by atomic mass is 10.1. The Hall–Kier alpha value is -0.820. The molecule has 0 bridgehead atoms. The molecule has 7 heteroatoms. The van der Waals surface area contributed by atoms with E-state index in [4.69, 9.17) is 0 Å². The molecule has 0 aromatic rings. The highest BCUT2D eigenvalue weighted by Gasteiger charge is 2.38. The number of nitrogens with one attached hydrogen (secondary N) is 1. The Morgan fingerprint density at radius 2 is 2.05 bits per heavy atom. The first kappa shape index (κ1) is 15.1. The first-order valence-electron chi connectivity index (χ1n) is 7.99. The molecule has 0 spiro atoms. The van der Waals surface area contributed by atoms with Crippen molar-refractivity contribution in [1.29, 1.82) is 0 Å². The van der Waals surface area contributed by atoms with Crippen molar-refractivity contribution >= 4 is 16.1 Å². The van der Waals surface area contributed by atoms with Crippen molar-refractivity contribution in [2.24, 2.45) is 11.8 Å². The second kappa shape index (κ2) is 5.76. The molecule has 2 saturated heterocycles. The third kappa shape index (κ3) is 3.34. The van der Waals surface area contributed by atoms with Crippen molar-refractivity contribution in [1.82, 2.24) is 14.5 Å². The van der Waals surface area contributed by atoms with Crippen LogP contribution in [0.2, 0.25) is 0 Å². The molecule has 1 N–H and O–H groups in total. The zero-order valence-electron chi connectivity index (χ0n) is 12.6. The van der Waals surface area contributed by atoms with Crippen molar-refractivity contribution in [3.05, 3.63) is 0 Å². The summed E-state index contributed by atoms with van der Waals surface area (Å²) in [7, 11) is -3.19. The van der Waals surface area contributed by atoms with Crippen molar-refractivity contribution in [3.63, 3.8) is 0 Å². The van der Waals surface area contributed by atoms with Gasteiger partial charge in [0.15, 0.2) is 0 Å². The van der Waals surface area contributed by atoms with Crippen molar-refractivity contribution in [3.8, 4) is 0 Å². The van der Waals surface area contributed by atoms with Crippen LogP contribution in [-0.4, -0.2) is 61.6 Å². The van der Waals surface area contributed by atoms with Gasteiger partial charge in [0.25, 0.3) is 0 Å². The van der Waals surface area contributed by atoms with Crippen LogP contribution >= 0.6 is 0 Å². The van der Waals surface area contributed by atoms with Crippen molar-refractivity contribution < 1.29 is 13.2 Å². The van der Waals surface area contributed by atoms with E-state index in [1.165, 1.54) is 12.8 Å². The van der Waals surface area contributed by atoms with Crippen LogP contribution in [0.15, 0.2) is 0 Å². The molecular formula is C14H25N3O3S. The van der Waals surface area contributed by atoms with E-state index in [1.54, 1.807) is 9.21 Å². The van der Waals surface area contributed by atoms with Crippen LogP contribution in [0.25, 0.3) is 0 Å². The molecule has 2 atom stereocenters. The summed E-state index contributed by atoms with van der Waals surface area (Å²) in [6.07, 6.45) is 4.09. The number of hydrogen-bond acceptors (Lipinski definition) is 3. The molecule has 0 aromatic carbocycles. The number of rotatable bonds is 5. The van der Waals surface area contributed by atoms with Gasteiger partial charge in [0.2, 0.25) is 10.0 Å². The molecule has 6 nitrogen and oxygen atoms in total. The number of urea groups is 1. The minimum absolute atomic E-state index is 0.0345. The molecule has 2 aliphatic heterocycles. The Balaban J connectivity index is 1.63. The largest absolute Gasteiger partial charge is 0.336 e. The molecule has 2 unspecified atom stereocenters. The van der Waals surface area contributed by atoms with Gasteiger partial charge in [-0.05, 0) is 37.5 Å². The predicted octanol–water partition coefficient (Wildman–Crippen LogP) is 0.852. The summed E-state index contributed by atoms with van der Waals surface area (Å²) in [5.41, 5.74) is 0. The zero-order chi connectivity index (χ0) is 15.0. The average Bonchev–Trinajstić information content (AvgIpc) is 3.21. The van der Waals surface area contributed by atoms with Gasteiger partial charge < -0.3 is 10.2 Å². The number of hydrogen-bond donors (Lipinski definition) is 1. The second-order valence-electron chi connectivity index (χ2n) is 6.67. The molecule has 1 aliphatic carbocycles. The summed E-state index contributed by atoms with van der Waals surface area (Å²) in [5, 5.41) is 2.79. The monoisotopic (exact) mass is 315 g/mol. The molecule has 1 saturated carbocycles. The van der Waals surface area contributed by atoms with Gasteiger partial charge in [-0.1, -0.05) is 6.92 Å². The van der Waals surface area contributed by atoms with E-state index in [2.05, 4.69) is 5.32 Å². The zero-order valence-corrected chi connectivity index (χ0v) is 13.4. The topological polar surface area (TPSA) is 69.7 Å². The molecule has 120 valence electrons. The van der Waals surface area contributed by atoms with Crippen LogP contribution in [0.4, 0.5) is 4.79 Å². The number of carbonyl (C=O) groups excluding carboxylic acids is 1. The maximum atomic E-state index is 12.6. The van der Waals surface area contributed by atoms with Crippen LogP contribution in [0.5, 0.6) is 0 Å². The summed E-state index contributed by atoms with van der Waals surface area (Å²) in [4.78, 5) is 13.5. The molecule has 21 heavy (non-hydrogen) atoms. The van der Waals surface area contributed by atoms with Crippen LogP contribution in [-0.2, 0) is 10.0 Å². The van der Waals surface area contributed by atoms with Gasteiger partial charge in [-0.15, -0.1) is 0 Å². The molecule has 0 radical (unpaired) electrons. The highest BCUT2D eigenvalue weighted by Crippen LogP contribution is 2.37. The lowest BCUT2D eigenvalue weighted by Gasteiger charge is -2.36. The standard InChI is InChI=1S/C14H25N3O3S/c1-11(12-4-5-12)10-21(19,20)16-7-2-3-13(9-16)17-8-6-15-14(17)18/h11-13H,2-10H2,1H3,(H,15,18). The van der Waals surface area contributed by atoms with Crippen molar-refractivity contribution in [2.45, 2.75) is 38.6 Å². The third-order valence-corrected chi connectivity index (χ3v) is 7.05. The van der Waals surface area contributed by atoms with Crippen LogP contribution in [0.1, 0.15) is 32.6 Å². The van der Waals surface area contributed by atoms with Gasteiger partial charge in [-0.3, -0.25) is 0 Å². The average molecular weight is 315 g/mol. The van der Waals surface area contributed by atoms with Gasteiger partial charge in [0, 0.05) is 32.2 Å². The SMILES string of the molecule is CC(CS(=O)(=O)N1CCCC(N2CCNC2=O)C1)C1CC1. The number of piperidine rings is 1. The summed E-state index contributed by atoms with van der Waals surface area (Å²) in [5.74, 6) is 1.12. The molecule has 2 heterocycles. The minimum Gasteiger partial charge on any atom is -0.336 e. The Bertz CT molecular complexity index is 504. The van der Waals surface area contributed by atoms with Crippen LogP contribution in [0.3, 0.4) is 0 Å². The van der Waals surface area contributed by atoms with Crippen LogP contribution in [0, 0.1) is 11.8 Å². The molecule has 3 rings (SSSR count). The lowest BCUT2D eigenvalue weighted by molar-refractivity contribution is 0.163. The molecule has 3 fully saturated rings. The fourth-order valence-corrected chi connectivity index (χ4v) is 5.46. The van der Waals surface area contributed by atoms with E-state index >= 15 is 0 Å². The molecule has 0 aromatic heterocycles. The lowest BCUT2D eigenvalue weighted by Crippen LogP contribution is -2.51. The van der Waals surface area contributed by atoms with Gasteiger partial charge in [0.05, 0.1) is 5.75 Å². The van der Waals surface area contributed by atoms with E-state index in [0.29, 0.717) is 32.1 Å². The normalized spacial score (nSPS) is 29.5. The first-order chi connectivity index (χ1) is 9.97. The van der Waals surface area contributed by atoms with E-state index in [1.807, 2.05) is 6.92 Å². The first-order valence-corrected chi connectivity index (χ1v) is 9.60. The Morgan fingerprint density at radius 1 is 1.29 bits per heavy atom. The van der Waals surface area contributed by atoms with Gasteiger partial charge >= 0.3 is 6.03 Å². The summed E-state index contributed by atoms with van der Waals surface area (Å²) in [6.45, 7) is 4.47. The fraction of sp³-hybridized carbons (Fsp3) is 0.929. The highest BCUT2D eigenvalue weighted by atomic mass is 32.2. The molecule has 3 aliphatic rings. The van der Waals surface area contributed by atoms with E-state index < -0.39 is 10.0 Å². The van der Waals surface area contributed by atoms with Crippen molar-refractivity contribution in [2.75, 3.05) is 31.9 Å². The van der Waals surface area contributed by atoms with Gasteiger partial charge in [-0.2, -0.15) is 4.31 Å². The Kier molecular flexibility index (Phi) is 4.14. The van der Waals surface area contributed by atoms with Crippen LogP contribution < -0.4 is 5.32 Å². The number of nitrogens with zero attached hydrogens (tertiary/aromatic N) is 2. The van der Waals surface area contributed by atoms with Gasteiger partial charge in [-0.25, -0.2) is 13.2 Å². The van der Waals surface area contributed by atoms with Gasteiger partial charge in [0.1, 0.15) is 0 Å². The fourth-order valence-electron chi connectivity index (χ4n) is 3.50. The predicted molar refractivity (Wildman–Crippen MR) is 80.4 cm³/mol. The summed E-state index contributed by atoms with van der Waals surface area (Å²) < 4.78 is 26.8. The Morgan fingerprint density at radius 3 is 2.67 bits per heavy atom. The molecular weight excluding hydrogens is 290 g/mol. The Labute approximate surface area is 126 Å². The maximum absolute atomic E-state index is 12.6. The smallest absolute Gasteiger partial charge is 0.317 e. The summed E-state index contributed by atoms with van der Waals surface area (Å²) >= 11 is 0. The molecule has 2 amide bonds. The minimum atomic E-state index is -3.19. The summed E-state index contributed by atoms with van der Waals surface area (Å²) in [6, 6.07) is -0.0159. The third-order valence-electron chi connectivity index (χ3n) is 4.98. The maximum Gasteiger partial charge on any atom is 0.317 e. The quantitative estimate of drug-likeness (QED) is 0.818. The second-order valence-corrected chi connectivity index (χ2v) is 8.69. The number of amides is 2. The number of sulfonamides is 1. The highest BCUT2D eigenvalue weighted by molar-refractivity contribution is 7.89. The van der Waals surface area contributed by atoms with E-state index in [9.17, 15) is 13.2 Å². The number of carbonyl (C=O) groups is 1. The van der Waals surface area contributed by atoms with E-state index in [-0.39, 0.29) is 23.7 Å².